The average molecular weight is 508 g/mol. The third kappa shape index (κ3) is 8.55. The Hall–Kier alpha value is -2.56. The van der Waals surface area contributed by atoms with Crippen LogP contribution < -0.4 is 10.6 Å². The van der Waals surface area contributed by atoms with Crippen molar-refractivity contribution in [3.63, 3.8) is 0 Å². The summed E-state index contributed by atoms with van der Waals surface area (Å²) in [5.41, 5.74) is 0.0704. The molecule has 1 heterocycles. The fourth-order valence-electron chi connectivity index (χ4n) is 3.74. The number of amides is 3. The molecule has 0 bridgehead atoms. The highest BCUT2D eigenvalue weighted by Crippen LogP contribution is 2.39. The minimum atomic E-state index is -1.60. The van der Waals surface area contributed by atoms with E-state index in [0.717, 1.165) is 5.56 Å². The van der Waals surface area contributed by atoms with Crippen molar-refractivity contribution in [2.45, 2.75) is 69.6 Å². The summed E-state index contributed by atoms with van der Waals surface area (Å²) in [5, 5.41) is 25.4. The molecule has 0 saturated carbocycles. The minimum absolute atomic E-state index is 0.134. The number of thioether (sulfide) groups is 1. The van der Waals surface area contributed by atoms with Crippen molar-refractivity contribution in [3.8, 4) is 0 Å². The van der Waals surface area contributed by atoms with Crippen LogP contribution in [0.1, 0.15) is 40.2 Å². The molecule has 0 aliphatic carbocycles. The second-order valence-electron chi connectivity index (χ2n) is 9.87. The zero-order chi connectivity index (χ0) is 26.2. The van der Waals surface area contributed by atoms with Crippen molar-refractivity contribution in [2.24, 2.45) is 0 Å². The lowest BCUT2D eigenvalue weighted by atomic mass is 9.97. The van der Waals surface area contributed by atoms with E-state index >= 15 is 0 Å². The predicted molar refractivity (Wildman–Crippen MR) is 136 cm³/mol. The molecular formula is C25H37N3O6S. The topological polar surface area (TPSA) is 128 Å². The Labute approximate surface area is 211 Å². The lowest BCUT2D eigenvalue weighted by Gasteiger charge is -2.33. The number of nitrogens with one attached hydrogen (secondary N) is 2. The van der Waals surface area contributed by atoms with Gasteiger partial charge in [0.15, 0.2) is 6.10 Å². The molecule has 0 unspecified atom stereocenters. The summed E-state index contributed by atoms with van der Waals surface area (Å²) in [6, 6.07) is 7.40. The first kappa shape index (κ1) is 28.7. The number of aliphatic hydroxyl groups excluding tert-OH is 2. The Morgan fingerprint density at radius 3 is 2.49 bits per heavy atom. The van der Waals surface area contributed by atoms with Crippen LogP contribution in [0.4, 0.5) is 4.79 Å². The van der Waals surface area contributed by atoms with Gasteiger partial charge in [-0.1, -0.05) is 42.5 Å². The largest absolute Gasteiger partial charge is 0.444 e. The van der Waals surface area contributed by atoms with Crippen molar-refractivity contribution in [3.05, 3.63) is 48.0 Å². The van der Waals surface area contributed by atoms with Gasteiger partial charge in [0.25, 0.3) is 5.91 Å². The number of nitrogens with zero attached hydrogens (tertiary/aromatic N) is 1. The van der Waals surface area contributed by atoms with Crippen LogP contribution in [0.15, 0.2) is 42.5 Å². The summed E-state index contributed by atoms with van der Waals surface area (Å²) in [7, 11) is 0. The first-order chi connectivity index (χ1) is 16.4. The Balaban J connectivity index is 2.23. The molecule has 1 aromatic carbocycles. The number of rotatable bonds is 9. The number of aliphatic hydroxyl groups is 2. The third-order valence-electron chi connectivity index (χ3n) is 5.38. The summed E-state index contributed by atoms with van der Waals surface area (Å²) in [5.74, 6) is -0.785. The molecule has 0 radical (unpaired) electrons. The molecule has 1 saturated heterocycles. The van der Waals surface area contributed by atoms with Gasteiger partial charge in [0.2, 0.25) is 5.91 Å². The van der Waals surface area contributed by atoms with E-state index in [1.165, 1.54) is 22.7 Å². The van der Waals surface area contributed by atoms with Gasteiger partial charge in [-0.3, -0.25) is 9.59 Å². The molecule has 1 fully saturated rings. The van der Waals surface area contributed by atoms with E-state index in [1.54, 1.807) is 26.8 Å². The molecule has 1 aliphatic rings. The standard InChI is InChI=1S/C25H37N3O6S/c1-24(2,3)34-23(33)27-18(15-17-11-7-6-8-12-17)19(30)22(32)28-16-35-25(4,5)20(28)21(31)26-13-9-10-14-29/h6-12,18-20,29-30H,13-16H2,1-5H3,(H,26,31)(H,27,33)/b10-9-/t18-,19-,20+/m0/s1. The van der Waals surface area contributed by atoms with Gasteiger partial charge in [-0.2, -0.15) is 0 Å². The van der Waals surface area contributed by atoms with Crippen molar-refractivity contribution in [1.82, 2.24) is 15.5 Å². The molecule has 35 heavy (non-hydrogen) atoms. The molecule has 0 aromatic heterocycles. The fourth-order valence-corrected chi connectivity index (χ4v) is 4.88. The first-order valence-corrected chi connectivity index (χ1v) is 12.5. The molecule has 4 N–H and O–H groups in total. The molecule has 0 spiro atoms. The predicted octanol–water partition coefficient (Wildman–Crippen LogP) is 1.83. The van der Waals surface area contributed by atoms with Gasteiger partial charge in [-0.15, -0.1) is 11.8 Å². The first-order valence-electron chi connectivity index (χ1n) is 11.5. The molecule has 1 aliphatic heterocycles. The smallest absolute Gasteiger partial charge is 0.407 e. The lowest BCUT2D eigenvalue weighted by Crippen LogP contribution is -2.59. The molecule has 10 heteroatoms. The summed E-state index contributed by atoms with van der Waals surface area (Å²) < 4.78 is 4.75. The maximum absolute atomic E-state index is 13.5. The fraction of sp³-hybridized carbons (Fsp3) is 0.560. The van der Waals surface area contributed by atoms with Gasteiger partial charge in [0.1, 0.15) is 11.6 Å². The Kier molecular flexibility index (Phi) is 10.2. The van der Waals surface area contributed by atoms with Gasteiger partial charge in [0, 0.05) is 11.3 Å². The second kappa shape index (κ2) is 12.4. The highest BCUT2D eigenvalue weighted by molar-refractivity contribution is 8.00. The minimum Gasteiger partial charge on any atom is -0.444 e. The van der Waals surface area contributed by atoms with Crippen molar-refractivity contribution in [2.75, 3.05) is 19.0 Å². The third-order valence-corrected chi connectivity index (χ3v) is 6.75. The monoisotopic (exact) mass is 507 g/mol. The van der Waals surface area contributed by atoms with E-state index < -0.39 is 40.5 Å². The molecule has 3 atom stereocenters. The van der Waals surface area contributed by atoms with Gasteiger partial charge < -0.3 is 30.5 Å². The van der Waals surface area contributed by atoms with Gasteiger partial charge in [-0.05, 0) is 46.6 Å². The van der Waals surface area contributed by atoms with Crippen LogP contribution in [0.3, 0.4) is 0 Å². The normalized spacial score (nSPS) is 19.3. The molecule has 194 valence electrons. The average Bonchev–Trinajstić information content (AvgIpc) is 3.09. The summed E-state index contributed by atoms with van der Waals surface area (Å²) in [6.07, 6.45) is 0.987. The highest BCUT2D eigenvalue weighted by atomic mass is 32.2. The van der Waals surface area contributed by atoms with E-state index in [2.05, 4.69) is 10.6 Å². The Morgan fingerprint density at radius 2 is 1.89 bits per heavy atom. The lowest BCUT2D eigenvalue weighted by molar-refractivity contribution is -0.147. The molecular weight excluding hydrogens is 470 g/mol. The van der Waals surface area contributed by atoms with Crippen LogP contribution in [0, 0.1) is 0 Å². The SMILES string of the molecule is CC(C)(C)OC(=O)N[C@@H](Cc1ccccc1)[C@H](O)C(=O)N1CSC(C)(C)[C@H]1C(=O)NC/C=C\CO. The number of carbonyl (C=O) groups is 3. The molecule has 3 amide bonds. The number of hydrogen-bond donors (Lipinski definition) is 4. The van der Waals surface area contributed by atoms with Crippen molar-refractivity contribution >= 4 is 29.7 Å². The van der Waals surface area contributed by atoms with Crippen molar-refractivity contribution < 1.29 is 29.3 Å². The Morgan fingerprint density at radius 1 is 1.23 bits per heavy atom. The van der Waals surface area contributed by atoms with E-state index in [0.29, 0.717) is 0 Å². The number of alkyl carbamates (subject to hydrolysis) is 1. The Bertz CT molecular complexity index is 900. The van der Waals surface area contributed by atoms with Gasteiger partial charge >= 0.3 is 6.09 Å². The number of hydrogen-bond acceptors (Lipinski definition) is 7. The number of carbonyl (C=O) groups excluding carboxylic acids is 3. The quantitative estimate of drug-likeness (QED) is 0.376. The summed E-state index contributed by atoms with van der Waals surface area (Å²) >= 11 is 1.43. The van der Waals surface area contributed by atoms with Crippen LogP contribution in [0.25, 0.3) is 0 Å². The van der Waals surface area contributed by atoms with Crippen LogP contribution in [0.5, 0.6) is 0 Å². The highest BCUT2D eigenvalue weighted by Gasteiger charge is 2.49. The second-order valence-corrected chi connectivity index (χ2v) is 11.5. The molecule has 9 nitrogen and oxygen atoms in total. The summed E-state index contributed by atoms with van der Waals surface area (Å²) in [6.45, 7) is 8.98. The zero-order valence-electron chi connectivity index (χ0n) is 21.0. The zero-order valence-corrected chi connectivity index (χ0v) is 21.8. The maximum Gasteiger partial charge on any atom is 0.407 e. The van der Waals surface area contributed by atoms with E-state index in [1.807, 2.05) is 44.2 Å². The van der Waals surface area contributed by atoms with Crippen LogP contribution in [-0.2, 0) is 20.7 Å². The van der Waals surface area contributed by atoms with E-state index in [9.17, 15) is 19.5 Å². The maximum atomic E-state index is 13.5. The van der Waals surface area contributed by atoms with Crippen LogP contribution >= 0.6 is 11.8 Å². The van der Waals surface area contributed by atoms with E-state index in [-0.39, 0.29) is 31.4 Å². The number of benzene rings is 1. The number of ether oxygens (including phenoxy) is 1. The van der Waals surface area contributed by atoms with Crippen molar-refractivity contribution in [1.29, 1.82) is 0 Å². The molecule has 1 aromatic rings. The van der Waals surface area contributed by atoms with Gasteiger partial charge in [0.05, 0.1) is 18.5 Å². The molecule has 2 rings (SSSR count). The van der Waals surface area contributed by atoms with Crippen LogP contribution in [0.2, 0.25) is 0 Å². The summed E-state index contributed by atoms with van der Waals surface area (Å²) in [4.78, 5) is 40.3. The van der Waals surface area contributed by atoms with Crippen LogP contribution in [-0.4, -0.2) is 80.6 Å². The van der Waals surface area contributed by atoms with E-state index in [4.69, 9.17) is 9.84 Å². The van der Waals surface area contributed by atoms with Gasteiger partial charge in [-0.25, -0.2) is 4.79 Å².